The summed E-state index contributed by atoms with van der Waals surface area (Å²) in [5.74, 6) is 1.18. The summed E-state index contributed by atoms with van der Waals surface area (Å²) < 4.78 is 0. The molecule has 0 aromatic heterocycles. The van der Waals surface area contributed by atoms with Crippen LogP contribution in [0.5, 0.6) is 0 Å². The maximum atomic E-state index is 11.3. The summed E-state index contributed by atoms with van der Waals surface area (Å²) >= 11 is 0. The quantitative estimate of drug-likeness (QED) is 0.757. The van der Waals surface area contributed by atoms with Crippen LogP contribution in [0, 0.1) is 12.8 Å². The van der Waals surface area contributed by atoms with Crippen LogP contribution in [0.3, 0.4) is 0 Å². The second kappa shape index (κ2) is 5.87. The lowest BCUT2D eigenvalue weighted by atomic mass is 9.76. The molecule has 134 valence electrons. The van der Waals surface area contributed by atoms with Crippen molar-refractivity contribution < 1.29 is 9.90 Å². The minimum Gasteiger partial charge on any atom is -0.478 e. The number of anilines is 1. The molecule has 0 spiro atoms. The van der Waals surface area contributed by atoms with Crippen molar-refractivity contribution in [3.63, 3.8) is 0 Å². The van der Waals surface area contributed by atoms with E-state index in [1.54, 1.807) is 6.07 Å². The van der Waals surface area contributed by atoms with Gasteiger partial charge in [-0.25, -0.2) is 4.79 Å². The van der Waals surface area contributed by atoms with Crippen LogP contribution in [-0.2, 0) is 0 Å². The second-order valence-electron chi connectivity index (χ2n) is 8.32. The molecule has 1 heterocycles. The van der Waals surface area contributed by atoms with E-state index in [0.29, 0.717) is 17.4 Å². The molecule has 1 aliphatic heterocycles. The van der Waals surface area contributed by atoms with Gasteiger partial charge in [-0.05, 0) is 90.8 Å². The first-order valence-electron chi connectivity index (χ1n) is 9.86. The third-order valence-corrected chi connectivity index (χ3v) is 6.68. The Morgan fingerprint density at radius 3 is 2.62 bits per heavy atom. The van der Waals surface area contributed by atoms with Crippen molar-refractivity contribution in [3.8, 4) is 0 Å². The highest BCUT2D eigenvalue weighted by Crippen LogP contribution is 2.54. The summed E-state index contributed by atoms with van der Waals surface area (Å²) in [7, 11) is 0. The normalized spacial score (nSPS) is 26.7. The predicted octanol–water partition coefficient (Wildman–Crippen LogP) is 5.62. The van der Waals surface area contributed by atoms with E-state index < -0.39 is 5.97 Å². The van der Waals surface area contributed by atoms with Crippen molar-refractivity contribution in [1.82, 2.24) is 0 Å². The van der Waals surface area contributed by atoms with Gasteiger partial charge in [-0.1, -0.05) is 24.6 Å². The number of hydrogen-bond donors (Lipinski definition) is 2. The van der Waals surface area contributed by atoms with E-state index in [9.17, 15) is 9.90 Å². The van der Waals surface area contributed by atoms with Gasteiger partial charge in [0.1, 0.15) is 0 Å². The average molecular weight is 347 g/mol. The number of carbonyl (C=O) groups is 1. The molecule has 0 saturated heterocycles. The summed E-state index contributed by atoms with van der Waals surface area (Å²) in [5, 5.41) is 13.1. The molecule has 5 rings (SSSR count). The van der Waals surface area contributed by atoms with Crippen molar-refractivity contribution in [3.05, 3.63) is 64.2 Å². The molecule has 2 aromatic carbocycles. The molecule has 0 amide bonds. The van der Waals surface area contributed by atoms with E-state index >= 15 is 0 Å². The molecule has 3 nitrogen and oxygen atoms in total. The topological polar surface area (TPSA) is 49.3 Å². The third-order valence-electron chi connectivity index (χ3n) is 6.68. The number of carboxylic acids is 1. The van der Waals surface area contributed by atoms with Gasteiger partial charge in [0.05, 0.1) is 11.6 Å². The summed E-state index contributed by atoms with van der Waals surface area (Å²) in [6.07, 6.45) is 6.49. The molecule has 2 aliphatic carbocycles. The van der Waals surface area contributed by atoms with Crippen molar-refractivity contribution >= 4 is 11.7 Å². The zero-order valence-electron chi connectivity index (χ0n) is 15.2. The molecule has 2 aromatic rings. The number of carboxylic acid groups (broad SMARTS) is 1. The molecule has 3 aliphatic rings. The molecular weight excluding hydrogens is 322 g/mol. The first-order chi connectivity index (χ1) is 12.6. The minimum absolute atomic E-state index is 0.282. The Balaban J connectivity index is 1.54. The molecule has 0 unspecified atom stereocenters. The van der Waals surface area contributed by atoms with E-state index in [2.05, 4.69) is 23.5 Å². The SMILES string of the molecule is Cc1cc(C(=O)O)ccc1[C@@H]1Nc2ccc(C3CC3)cc2[C@@H]2CCC[C@@H]21. The molecule has 0 bridgehead atoms. The van der Waals surface area contributed by atoms with Crippen molar-refractivity contribution in [1.29, 1.82) is 0 Å². The van der Waals surface area contributed by atoms with E-state index in [1.807, 2.05) is 19.1 Å². The van der Waals surface area contributed by atoms with Gasteiger partial charge in [-0.2, -0.15) is 0 Å². The first-order valence-corrected chi connectivity index (χ1v) is 9.86. The molecule has 0 radical (unpaired) electrons. The standard InChI is InChI=1S/C23H25NO2/c1-13-11-16(23(25)26)7-9-17(13)22-19-4-2-3-18(19)20-12-15(14-5-6-14)8-10-21(20)24-22/h7-12,14,18-19,22,24H,2-6H2,1H3,(H,25,26)/t18-,19+,22+/m1/s1. The van der Waals surface area contributed by atoms with E-state index in [4.69, 9.17) is 0 Å². The molecule has 2 N–H and O–H groups in total. The highest BCUT2D eigenvalue weighted by atomic mass is 16.4. The van der Waals surface area contributed by atoms with Crippen molar-refractivity contribution in [2.75, 3.05) is 5.32 Å². The third kappa shape index (κ3) is 2.53. The van der Waals surface area contributed by atoms with Gasteiger partial charge in [0.2, 0.25) is 0 Å². The summed E-state index contributed by atoms with van der Waals surface area (Å²) in [4.78, 5) is 11.3. The summed E-state index contributed by atoms with van der Waals surface area (Å²) in [6.45, 7) is 2.04. The Morgan fingerprint density at radius 2 is 1.88 bits per heavy atom. The lowest BCUT2D eigenvalue weighted by molar-refractivity contribution is 0.0696. The summed E-state index contributed by atoms with van der Waals surface area (Å²) in [5.41, 5.74) is 7.03. The fourth-order valence-electron chi connectivity index (χ4n) is 5.20. The number of fused-ring (bicyclic) bond motifs is 3. The Hall–Kier alpha value is -2.29. The van der Waals surface area contributed by atoms with Crippen LogP contribution in [0.4, 0.5) is 5.69 Å². The molecule has 2 fully saturated rings. The average Bonchev–Trinajstić information content (AvgIpc) is 3.37. The maximum Gasteiger partial charge on any atom is 0.335 e. The zero-order chi connectivity index (χ0) is 17.8. The van der Waals surface area contributed by atoms with Gasteiger partial charge in [-0.15, -0.1) is 0 Å². The Kier molecular flexibility index (Phi) is 3.59. The number of benzene rings is 2. The van der Waals surface area contributed by atoms with E-state index in [0.717, 1.165) is 11.5 Å². The minimum atomic E-state index is -0.854. The van der Waals surface area contributed by atoms with Gasteiger partial charge in [-0.3, -0.25) is 0 Å². The zero-order valence-corrected chi connectivity index (χ0v) is 15.2. The fourth-order valence-corrected chi connectivity index (χ4v) is 5.20. The molecular formula is C23H25NO2. The van der Waals surface area contributed by atoms with E-state index in [1.165, 1.54) is 54.5 Å². The van der Waals surface area contributed by atoms with Crippen LogP contribution in [0.1, 0.15) is 82.6 Å². The van der Waals surface area contributed by atoms with Crippen LogP contribution in [-0.4, -0.2) is 11.1 Å². The first kappa shape index (κ1) is 15.9. The monoisotopic (exact) mass is 347 g/mol. The van der Waals surface area contributed by atoms with Gasteiger partial charge in [0, 0.05) is 5.69 Å². The van der Waals surface area contributed by atoms with Crippen LogP contribution in [0.25, 0.3) is 0 Å². The van der Waals surface area contributed by atoms with Crippen molar-refractivity contribution in [2.24, 2.45) is 5.92 Å². The van der Waals surface area contributed by atoms with Gasteiger partial charge in [0.25, 0.3) is 0 Å². The lowest BCUT2D eigenvalue weighted by Gasteiger charge is -2.38. The number of aromatic carboxylic acids is 1. The number of nitrogens with one attached hydrogen (secondary N) is 1. The molecule has 2 saturated carbocycles. The van der Waals surface area contributed by atoms with Crippen LogP contribution < -0.4 is 5.32 Å². The van der Waals surface area contributed by atoms with Crippen LogP contribution >= 0.6 is 0 Å². The Labute approximate surface area is 154 Å². The van der Waals surface area contributed by atoms with Gasteiger partial charge >= 0.3 is 5.97 Å². The highest BCUT2D eigenvalue weighted by molar-refractivity contribution is 5.88. The predicted molar refractivity (Wildman–Crippen MR) is 103 cm³/mol. The van der Waals surface area contributed by atoms with Crippen LogP contribution in [0.2, 0.25) is 0 Å². The largest absolute Gasteiger partial charge is 0.478 e. The Bertz CT molecular complexity index is 884. The highest BCUT2D eigenvalue weighted by Gasteiger charge is 2.41. The fraction of sp³-hybridized carbons (Fsp3) is 0.435. The Morgan fingerprint density at radius 1 is 1.04 bits per heavy atom. The molecule has 3 atom stereocenters. The van der Waals surface area contributed by atoms with E-state index in [-0.39, 0.29) is 6.04 Å². The number of rotatable bonds is 3. The van der Waals surface area contributed by atoms with Gasteiger partial charge < -0.3 is 10.4 Å². The van der Waals surface area contributed by atoms with Gasteiger partial charge in [0.15, 0.2) is 0 Å². The molecule has 3 heteroatoms. The lowest BCUT2D eigenvalue weighted by Crippen LogP contribution is -2.29. The maximum absolute atomic E-state index is 11.3. The number of hydrogen-bond acceptors (Lipinski definition) is 2. The van der Waals surface area contributed by atoms with Crippen LogP contribution in [0.15, 0.2) is 36.4 Å². The molecule has 26 heavy (non-hydrogen) atoms. The number of aryl methyl sites for hydroxylation is 1. The van der Waals surface area contributed by atoms with Crippen molar-refractivity contribution in [2.45, 2.75) is 56.9 Å². The summed E-state index contributed by atoms with van der Waals surface area (Å²) in [6, 6.07) is 12.9. The second-order valence-corrected chi connectivity index (χ2v) is 8.32. The smallest absolute Gasteiger partial charge is 0.335 e.